The average Bonchev–Trinajstić information content (AvgIpc) is 2.89. The van der Waals surface area contributed by atoms with E-state index in [2.05, 4.69) is 5.32 Å². The van der Waals surface area contributed by atoms with Gasteiger partial charge in [0.25, 0.3) is 0 Å². The standard InChI is InChI=1S/C31H27NO4/c1-22(33)36-27-19-12-23(13-20-27)11-16-25-7-3-4-8-28(25)29-9-5-6-10-30(29)32-31(34)21-24-14-17-26(35-2)18-15-24/h3-20H,21H2,1-2H3,(H,32,34)/b16-11+. The summed E-state index contributed by atoms with van der Waals surface area (Å²) in [5, 5.41) is 3.07. The van der Waals surface area contributed by atoms with E-state index in [0.717, 1.165) is 39.3 Å². The Hall–Kier alpha value is -4.64. The van der Waals surface area contributed by atoms with Gasteiger partial charge < -0.3 is 14.8 Å². The Labute approximate surface area is 211 Å². The van der Waals surface area contributed by atoms with E-state index in [4.69, 9.17) is 9.47 Å². The Morgan fingerprint density at radius 3 is 2.08 bits per heavy atom. The number of rotatable bonds is 8. The van der Waals surface area contributed by atoms with Crippen LogP contribution in [0.15, 0.2) is 97.1 Å². The normalized spacial score (nSPS) is 10.7. The van der Waals surface area contributed by atoms with E-state index in [9.17, 15) is 9.59 Å². The van der Waals surface area contributed by atoms with Gasteiger partial charge in [-0.25, -0.2) is 0 Å². The van der Waals surface area contributed by atoms with E-state index in [0.29, 0.717) is 5.75 Å². The summed E-state index contributed by atoms with van der Waals surface area (Å²) in [6, 6.07) is 30.6. The lowest BCUT2D eigenvalue weighted by molar-refractivity contribution is -0.131. The van der Waals surface area contributed by atoms with Crippen LogP contribution in [-0.2, 0) is 16.0 Å². The summed E-state index contributed by atoms with van der Waals surface area (Å²) in [6.45, 7) is 1.38. The number of benzene rings is 4. The molecule has 0 saturated carbocycles. The fourth-order valence-corrected chi connectivity index (χ4v) is 3.84. The topological polar surface area (TPSA) is 64.6 Å². The first-order chi connectivity index (χ1) is 17.5. The number of carbonyl (C=O) groups is 2. The Kier molecular flexibility index (Phi) is 7.94. The number of amides is 1. The number of nitrogens with one attached hydrogen (secondary N) is 1. The molecule has 0 radical (unpaired) electrons. The van der Waals surface area contributed by atoms with E-state index in [1.54, 1.807) is 19.2 Å². The second-order valence-electron chi connectivity index (χ2n) is 8.20. The van der Waals surface area contributed by atoms with Crippen LogP contribution in [-0.4, -0.2) is 19.0 Å². The molecule has 0 unspecified atom stereocenters. The van der Waals surface area contributed by atoms with Crippen LogP contribution < -0.4 is 14.8 Å². The highest BCUT2D eigenvalue weighted by Crippen LogP contribution is 2.32. The average molecular weight is 478 g/mol. The van der Waals surface area contributed by atoms with Gasteiger partial charge in [0, 0.05) is 18.2 Å². The molecule has 1 amide bonds. The minimum absolute atomic E-state index is 0.0893. The number of ether oxygens (including phenoxy) is 2. The maximum absolute atomic E-state index is 12.8. The third kappa shape index (κ3) is 6.48. The van der Waals surface area contributed by atoms with Gasteiger partial charge in [-0.1, -0.05) is 78.9 Å². The highest BCUT2D eigenvalue weighted by atomic mass is 16.5. The number of methoxy groups -OCH3 is 1. The predicted molar refractivity (Wildman–Crippen MR) is 144 cm³/mol. The van der Waals surface area contributed by atoms with Crippen molar-refractivity contribution in [1.29, 1.82) is 0 Å². The summed E-state index contributed by atoms with van der Waals surface area (Å²) < 4.78 is 10.3. The molecule has 0 aromatic heterocycles. The number of hydrogen-bond donors (Lipinski definition) is 1. The third-order valence-electron chi connectivity index (χ3n) is 5.57. The Morgan fingerprint density at radius 2 is 1.39 bits per heavy atom. The number of esters is 1. The van der Waals surface area contributed by atoms with Gasteiger partial charge in [0.15, 0.2) is 0 Å². The van der Waals surface area contributed by atoms with Crippen molar-refractivity contribution in [2.24, 2.45) is 0 Å². The van der Waals surface area contributed by atoms with E-state index < -0.39 is 0 Å². The minimum atomic E-state index is -0.345. The molecular formula is C31H27NO4. The summed E-state index contributed by atoms with van der Waals surface area (Å²) in [4.78, 5) is 23.9. The zero-order chi connectivity index (χ0) is 25.3. The summed E-state index contributed by atoms with van der Waals surface area (Å²) in [5.74, 6) is 0.837. The van der Waals surface area contributed by atoms with Gasteiger partial charge in [-0.05, 0) is 52.6 Å². The second-order valence-corrected chi connectivity index (χ2v) is 8.20. The molecule has 0 aliphatic rings. The van der Waals surface area contributed by atoms with Gasteiger partial charge in [0.2, 0.25) is 5.91 Å². The summed E-state index contributed by atoms with van der Waals surface area (Å²) >= 11 is 0. The number of carbonyl (C=O) groups excluding carboxylic acids is 2. The van der Waals surface area contributed by atoms with Gasteiger partial charge in [-0.2, -0.15) is 0 Å². The molecule has 4 aromatic carbocycles. The first-order valence-electron chi connectivity index (χ1n) is 11.6. The van der Waals surface area contributed by atoms with Crippen molar-refractivity contribution in [3.8, 4) is 22.6 Å². The molecule has 0 bridgehead atoms. The molecular weight excluding hydrogens is 450 g/mol. The van der Waals surface area contributed by atoms with E-state index >= 15 is 0 Å². The fourth-order valence-electron chi connectivity index (χ4n) is 3.84. The maximum Gasteiger partial charge on any atom is 0.308 e. The molecule has 36 heavy (non-hydrogen) atoms. The Bertz CT molecular complexity index is 1370. The zero-order valence-corrected chi connectivity index (χ0v) is 20.2. The predicted octanol–water partition coefficient (Wildman–Crippen LogP) is 6.64. The maximum atomic E-state index is 12.8. The molecule has 0 aliphatic carbocycles. The number of anilines is 1. The van der Waals surface area contributed by atoms with Crippen molar-refractivity contribution >= 4 is 29.7 Å². The van der Waals surface area contributed by atoms with Gasteiger partial charge in [-0.15, -0.1) is 0 Å². The van der Waals surface area contributed by atoms with Crippen LogP contribution in [0.2, 0.25) is 0 Å². The molecule has 5 heteroatoms. The summed E-state index contributed by atoms with van der Waals surface area (Å²) in [7, 11) is 1.62. The third-order valence-corrected chi connectivity index (χ3v) is 5.57. The van der Waals surface area contributed by atoms with Crippen molar-refractivity contribution in [3.63, 3.8) is 0 Å². The van der Waals surface area contributed by atoms with Crippen molar-refractivity contribution in [2.45, 2.75) is 13.3 Å². The molecule has 0 fully saturated rings. The monoisotopic (exact) mass is 477 g/mol. The lowest BCUT2D eigenvalue weighted by Crippen LogP contribution is -2.15. The molecule has 0 atom stereocenters. The Morgan fingerprint density at radius 1 is 0.750 bits per heavy atom. The van der Waals surface area contributed by atoms with Gasteiger partial charge >= 0.3 is 5.97 Å². The second kappa shape index (κ2) is 11.7. The summed E-state index contributed by atoms with van der Waals surface area (Å²) in [5.41, 5.74) is 5.59. The van der Waals surface area contributed by atoms with Gasteiger partial charge in [0.1, 0.15) is 11.5 Å². The van der Waals surface area contributed by atoms with Crippen LogP contribution >= 0.6 is 0 Å². The van der Waals surface area contributed by atoms with Crippen LogP contribution in [0.4, 0.5) is 5.69 Å². The molecule has 180 valence electrons. The molecule has 0 saturated heterocycles. The van der Waals surface area contributed by atoms with Gasteiger partial charge in [-0.3, -0.25) is 9.59 Å². The van der Waals surface area contributed by atoms with E-state index in [1.807, 2.05) is 97.1 Å². The molecule has 4 aromatic rings. The van der Waals surface area contributed by atoms with E-state index in [1.165, 1.54) is 6.92 Å². The quantitative estimate of drug-likeness (QED) is 0.176. The number of para-hydroxylation sites is 1. The smallest absolute Gasteiger partial charge is 0.308 e. The van der Waals surface area contributed by atoms with Crippen molar-refractivity contribution in [1.82, 2.24) is 0 Å². The lowest BCUT2D eigenvalue weighted by Gasteiger charge is -2.14. The molecule has 4 rings (SSSR count). The first kappa shape index (κ1) is 24.5. The van der Waals surface area contributed by atoms with Crippen molar-refractivity contribution in [2.75, 3.05) is 12.4 Å². The van der Waals surface area contributed by atoms with E-state index in [-0.39, 0.29) is 18.3 Å². The molecule has 0 aliphatic heterocycles. The van der Waals surface area contributed by atoms with Crippen LogP contribution in [0, 0.1) is 0 Å². The number of hydrogen-bond acceptors (Lipinski definition) is 4. The largest absolute Gasteiger partial charge is 0.497 e. The molecule has 5 nitrogen and oxygen atoms in total. The SMILES string of the molecule is COc1ccc(CC(=O)Nc2ccccc2-c2ccccc2/C=C/c2ccc(OC(C)=O)cc2)cc1. The highest BCUT2D eigenvalue weighted by Gasteiger charge is 2.11. The first-order valence-corrected chi connectivity index (χ1v) is 11.6. The van der Waals surface area contributed by atoms with Crippen LogP contribution in [0.3, 0.4) is 0 Å². The summed E-state index contributed by atoms with van der Waals surface area (Å²) in [6.07, 6.45) is 4.30. The van der Waals surface area contributed by atoms with Gasteiger partial charge in [0.05, 0.1) is 13.5 Å². The van der Waals surface area contributed by atoms with Crippen molar-refractivity contribution < 1.29 is 19.1 Å². The zero-order valence-electron chi connectivity index (χ0n) is 20.2. The fraction of sp³-hybridized carbons (Fsp3) is 0.0968. The molecule has 1 N–H and O–H groups in total. The van der Waals surface area contributed by atoms with Crippen LogP contribution in [0.5, 0.6) is 11.5 Å². The molecule has 0 spiro atoms. The minimum Gasteiger partial charge on any atom is -0.497 e. The van der Waals surface area contributed by atoms with Crippen LogP contribution in [0.1, 0.15) is 23.6 Å². The molecule has 0 heterocycles. The van der Waals surface area contributed by atoms with Crippen molar-refractivity contribution in [3.05, 3.63) is 114 Å². The highest BCUT2D eigenvalue weighted by molar-refractivity contribution is 5.97. The lowest BCUT2D eigenvalue weighted by atomic mass is 9.97. The van der Waals surface area contributed by atoms with Crippen LogP contribution in [0.25, 0.3) is 23.3 Å². The Balaban J connectivity index is 1.54.